The van der Waals surface area contributed by atoms with Gasteiger partial charge in [0, 0.05) is 19.6 Å². The highest BCUT2D eigenvalue weighted by Gasteiger charge is 2.22. The van der Waals surface area contributed by atoms with E-state index in [1.165, 1.54) is 19.0 Å². The van der Waals surface area contributed by atoms with E-state index in [0.717, 1.165) is 32.5 Å². The van der Waals surface area contributed by atoms with Gasteiger partial charge in [0.25, 0.3) is 5.91 Å². The molecule has 0 saturated carbocycles. The summed E-state index contributed by atoms with van der Waals surface area (Å²) in [5, 5.41) is 0. The van der Waals surface area contributed by atoms with Gasteiger partial charge in [-0.1, -0.05) is 6.08 Å². The third-order valence-corrected chi connectivity index (χ3v) is 4.77. The van der Waals surface area contributed by atoms with Crippen LogP contribution in [0.2, 0.25) is 0 Å². The summed E-state index contributed by atoms with van der Waals surface area (Å²) in [7, 11) is 0. The molecule has 1 aromatic heterocycles. The third kappa shape index (κ3) is 5.25. The average Bonchev–Trinajstić information content (AvgIpc) is 3.19. The van der Waals surface area contributed by atoms with Crippen molar-refractivity contribution < 1.29 is 14.3 Å². The van der Waals surface area contributed by atoms with E-state index in [2.05, 4.69) is 21.4 Å². The number of carbonyl (C=O) groups is 1. The molecule has 0 unspecified atom stereocenters. The maximum absolute atomic E-state index is 12.6. The van der Waals surface area contributed by atoms with Crippen molar-refractivity contribution in [3.8, 4) is 5.88 Å². The number of aromatic nitrogens is 2. The highest BCUT2D eigenvalue weighted by Crippen LogP contribution is 2.16. The molecule has 1 aromatic rings. The zero-order valence-electron chi connectivity index (χ0n) is 15.3. The molecule has 0 N–H and O–H groups in total. The van der Waals surface area contributed by atoms with Crippen LogP contribution in [0.15, 0.2) is 25.0 Å². The number of ether oxygens (including phenoxy) is 2. The number of nitrogens with zero attached hydrogens (tertiary/aromatic N) is 4. The fourth-order valence-electron chi connectivity index (χ4n) is 3.35. The van der Waals surface area contributed by atoms with Gasteiger partial charge in [-0.15, -0.1) is 6.58 Å². The van der Waals surface area contributed by atoms with Gasteiger partial charge >= 0.3 is 0 Å². The second-order valence-electron chi connectivity index (χ2n) is 6.76. The summed E-state index contributed by atoms with van der Waals surface area (Å²) in [6.45, 7) is 9.22. The molecule has 3 rings (SSSR count). The van der Waals surface area contributed by atoms with Gasteiger partial charge in [-0.3, -0.25) is 14.7 Å². The van der Waals surface area contributed by atoms with Crippen molar-refractivity contribution in [1.82, 2.24) is 19.8 Å². The largest absolute Gasteiger partial charge is 0.472 e. The second-order valence-corrected chi connectivity index (χ2v) is 6.76. The average molecular weight is 360 g/mol. The molecule has 0 aromatic carbocycles. The first-order valence-corrected chi connectivity index (χ1v) is 9.45. The molecular weight excluding hydrogens is 332 g/mol. The van der Waals surface area contributed by atoms with Crippen molar-refractivity contribution in [2.24, 2.45) is 0 Å². The molecule has 7 heteroatoms. The molecule has 1 amide bonds. The molecule has 0 aliphatic carbocycles. The van der Waals surface area contributed by atoms with Crippen LogP contribution in [-0.2, 0) is 4.74 Å². The van der Waals surface area contributed by atoms with Gasteiger partial charge in [-0.05, 0) is 38.8 Å². The Morgan fingerprint density at radius 3 is 2.77 bits per heavy atom. The van der Waals surface area contributed by atoms with Crippen LogP contribution in [0.25, 0.3) is 0 Å². The molecule has 7 nitrogen and oxygen atoms in total. The molecule has 2 aliphatic heterocycles. The number of hydrogen-bond acceptors (Lipinski definition) is 6. The van der Waals surface area contributed by atoms with Gasteiger partial charge in [0.2, 0.25) is 5.88 Å². The lowest BCUT2D eigenvalue weighted by atomic mass is 10.2. The van der Waals surface area contributed by atoms with Crippen LogP contribution in [0.5, 0.6) is 5.88 Å². The number of hydrogen-bond donors (Lipinski definition) is 0. The maximum atomic E-state index is 12.6. The molecular formula is C19H28N4O3. The van der Waals surface area contributed by atoms with Crippen LogP contribution in [-0.4, -0.2) is 77.7 Å². The van der Waals surface area contributed by atoms with E-state index < -0.39 is 0 Å². The number of rotatable bonds is 8. The molecule has 26 heavy (non-hydrogen) atoms. The molecule has 0 spiro atoms. The zero-order chi connectivity index (χ0) is 18.2. The minimum Gasteiger partial charge on any atom is -0.472 e. The van der Waals surface area contributed by atoms with Gasteiger partial charge in [-0.2, -0.15) is 0 Å². The Balaban J connectivity index is 1.64. The Bertz CT molecular complexity index is 598. The van der Waals surface area contributed by atoms with Crippen molar-refractivity contribution in [3.05, 3.63) is 30.7 Å². The van der Waals surface area contributed by atoms with Gasteiger partial charge in [0.15, 0.2) is 5.69 Å². The lowest BCUT2D eigenvalue weighted by molar-refractivity contribution is 0.0297. The fourth-order valence-corrected chi connectivity index (χ4v) is 3.35. The number of amides is 1. The highest BCUT2D eigenvalue weighted by atomic mass is 16.5. The van der Waals surface area contributed by atoms with E-state index in [1.807, 2.05) is 6.08 Å². The Kier molecular flexibility index (Phi) is 6.96. The Labute approximate surface area is 155 Å². The van der Waals surface area contributed by atoms with E-state index in [9.17, 15) is 4.79 Å². The minimum absolute atomic E-state index is 0.0224. The second kappa shape index (κ2) is 9.64. The molecule has 2 fully saturated rings. The molecule has 1 atom stereocenters. The Morgan fingerprint density at radius 2 is 2.04 bits per heavy atom. The SMILES string of the molecule is C=CCC[C@H](CN1CCCC1)Oc1cncc(C(=O)N2CCOCC2)n1. The summed E-state index contributed by atoms with van der Waals surface area (Å²) < 4.78 is 11.4. The van der Waals surface area contributed by atoms with E-state index in [4.69, 9.17) is 9.47 Å². The smallest absolute Gasteiger partial charge is 0.274 e. The lowest BCUT2D eigenvalue weighted by Gasteiger charge is -2.26. The van der Waals surface area contributed by atoms with Crippen LogP contribution in [0, 0.1) is 0 Å². The fraction of sp³-hybridized carbons (Fsp3) is 0.632. The predicted octanol–water partition coefficient (Wildman–Crippen LogP) is 1.76. The van der Waals surface area contributed by atoms with Crippen molar-refractivity contribution in [2.75, 3.05) is 45.9 Å². The van der Waals surface area contributed by atoms with Crippen molar-refractivity contribution in [2.45, 2.75) is 31.8 Å². The minimum atomic E-state index is -0.117. The Hall–Kier alpha value is -1.99. The summed E-state index contributed by atoms with van der Waals surface area (Å²) in [6.07, 6.45) is 9.28. The molecule has 2 saturated heterocycles. The van der Waals surface area contributed by atoms with Crippen LogP contribution in [0.1, 0.15) is 36.2 Å². The van der Waals surface area contributed by atoms with Crippen LogP contribution in [0.3, 0.4) is 0 Å². The molecule has 3 heterocycles. The van der Waals surface area contributed by atoms with Gasteiger partial charge < -0.3 is 14.4 Å². The van der Waals surface area contributed by atoms with Crippen molar-refractivity contribution >= 4 is 5.91 Å². The van der Waals surface area contributed by atoms with Gasteiger partial charge in [0.05, 0.1) is 25.6 Å². The normalized spacial score (nSPS) is 19.3. The van der Waals surface area contributed by atoms with E-state index in [0.29, 0.717) is 37.9 Å². The predicted molar refractivity (Wildman–Crippen MR) is 98.3 cm³/mol. The van der Waals surface area contributed by atoms with E-state index in [-0.39, 0.29) is 12.0 Å². The van der Waals surface area contributed by atoms with E-state index in [1.54, 1.807) is 11.1 Å². The molecule has 2 aliphatic rings. The number of morpholine rings is 1. The molecule has 0 bridgehead atoms. The topological polar surface area (TPSA) is 67.8 Å². The quantitative estimate of drug-likeness (QED) is 0.658. The van der Waals surface area contributed by atoms with E-state index >= 15 is 0 Å². The monoisotopic (exact) mass is 360 g/mol. The summed E-state index contributed by atoms with van der Waals surface area (Å²) in [5.41, 5.74) is 0.327. The maximum Gasteiger partial charge on any atom is 0.274 e. The number of carbonyl (C=O) groups excluding carboxylic acids is 1. The zero-order valence-corrected chi connectivity index (χ0v) is 15.3. The number of likely N-dealkylation sites (tertiary alicyclic amines) is 1. The summed E-state index contributed by atoms with van der Waals surface area (Å²) >= 11 is 0. The first kappa shape index (κ1) is 18.8. The first-order valence-electron chi connectivity index (χ1n) is 9.45. The highest BCUT2D eigenvalue weighted by molar-refractivity contribution is 5.92. The standard InChI is InChI=1S/C19H28N4O3/c1-2-3-6-16(15-22-7-4-5-8-22)26-18-14-20-13-17(21-18)19(24)23-9-11-25-12-10-23/h2,13-14,16H,1,3-12,15H2/t16-/m1/s1. The Morgan fingerprint density at radius 1 is 1.27 bits per heavy atom. The van der Waals surface area contributed by atoms with Crippen LogP contribution >= 0.6 is 0 Å². The van der Waals surface area contributed by atoms with Crippen LogP contribution < -0.4 is 4.74 Å². The third-order valence-electron chi connectivity index (χ3n) is 4.77. The van der Waals surface area contributed by atoms with Crippen molar-refractivity contribution in [3.63, 3.8) is 0 Å². The summed E-state index contributed by atoms with van der Waals surface area (Å²) in [5.74, 6) is 0.297. The van der Waals surface area contributed by atoms with Gasteiger partial charge in [0.1, 0.15) is 6.10 Å². The number of allylic oxidation sites excluding steroid dienone is 1. The van der Waals surface area contributed by atoms with Gasteiger partial charge in [-0.25, -0.2) is 4.98 Å². The lowest BCUT2D eigenvalue weighted by Crippen LogP contribution is -2.41. The van der Waals surface area contributed by atoms with Crippen LogP contribution in [0.4, 0.5) is 0 Å². The first-order chi connectivity index (χ1) is 12.8. The summed E-state index contributed by atoms with van der Waals surface area (Å²) in [4.78, 5) is 25.3. The molecule has 0 radical (unpaired) electrons. The van der Waals surface area contributed by atoms with Crippen molar-refractivity contribution in [1.29, 1.82) is 0 Å². The molecule has 142 valence electrons. The summed E-state index contributed by atoms with van der Waals surface area (Å²) in [6, 6.07) is 0.